The summed E-state index contributed by atoms with van der Waals surface area (Å²) in [4.78, 5) is 38.1. The van der Waals surface area contributed by atoms with E-state index < -0.39 is 24.4 Å². The van der Waals surface area contributed by atoms with Crippen LogP contribution in [0.15, 0.2) is 51.4 Å². The molecular formula is C20H18Br2N2O4. The fraction of sp³-hybridized carbons (Fsp3) is 0.250. The molecule has 0 bridgehead atoms. The standard InChI is InChI=1S/C20H18Br2N2O4/c1-12-8-15(4-7-17(12)22)23-18(25)11-28-20(27)13-9-19(26)24(10-13)16-5-2-14(21)3-6-16/h2-8,13H,9-11H2,1H3,(H,23,25)/t13-/m1/s1. The number of esters is 1. The number of carbonyl (C=O) groups is 3. The lowest BCUT2D eigenvalue weighted by Gasteiger charge is -2.16. The Bertz CT molecular complexity index is 915. The van der Waals surface area contributed by atoms with Crippen molar-refractivity contribution in [3.8, 4) is 0 Å². The highest BCUT2D eigenvalue weighted by atomic mass is 79.9. The average molecular weight is 510 g/mol. The SMILES string of the molecule is Cc1cc(NC(=O)COC(=O)[C@@H]2CC(=O)N(c3ccc(Br)cc3)C2)ccc1Br. The predicted octanol–water partition coefficient (Wildman–Crippen LogP) is 4.05. The van der Waals surface area contributed by atoms with Gasteiger partial charge in [0.05, 0.1) is 5.92 Å². The van der Waals surface area contributed by atoms with E-state index >= 15 is 0 Å². The number of rotatable bonds is 5. The normalized spacial score (nSPS) is 16.2. The molecule has 0 saturated carbocycles. The summed E-state index contributed by atoms with van der Waals surface area (Å²) in [6.45, 7) is 1.76. The van der Waals surface area contributed by atoms with Gasteiger partial charge in [-0.25, -0.2) is 0 Å². The Morgan fingerprint density at radius 2 is 1.89 bits per heavy atom. The van der Waals surface area contributed by atoms with Crippen molar-refractivity contribution in [1.29, 1.82) is 0 Å². The lowest BCUT2D eigenvalue weighted by molar-refractivity contribution is -0.151. The third-order valence-corrected chi connectivity index (χ3v) is 5.80. The number of nitrogens with zero attached hydrogens (tertiary/aromatic N) is 1. The van der Waals surface area contributed by atoms with E-state index in [4.69, 9.17) is 4.74 Å². The van der Waals surface area contributed by atoms with Crippen LogP contribution in [0.25, 0.3) is 0 Å². The number of ether oxygens (including phenoxy) is 1. The van der Waals surface area contributed by atoms with Crippen molar-refractivity contribution >= 4 is 61.0 Å². The van der Waals surface area contributed by atoms with Crippen LogP contribution in [0.2, 0.25) is 0 Å². The van der Waals surface area contributed by atoms with Crippen molar-refractivity contribution in [2.75, 3.05) is 23.4 Å². The number of hydrogen-bond acceptors (Lipinski definition) is 4. The van der Waals surface area contributed by atoms with Gasteiger partial charge < -0.3 is 15.0 Å². The highest BCUT2D eigenvalue weighted by molar-refractivity contribution is 9.10. The molecule has 0 aliphatic carbocycles. The lowest BCUT2D eigenvalue weighted by Crippen LogP contribution is -2.28. The van der Waals surface area contributed by atoms with Crippen LogP contribution in [-0.4, -0.2) is 30.9 Å². The summed E-state index contributed by atoms with van der Waals surface area (Å²) in [5.74, 6) is -1.70. The maximum Gasteiger partial charge on any atom is 0.311 e. The molecular weight excluding hydrogens is 492 g/mol. The van der Waals surface area contributed by atoms with E-state index in [0.717, 1.165) is 20.2 Å². The molecule has 1 atom stereocenters. The number of halogens is 2. The maximum absolute atomic E-state index is 12.3. The Morgan fingerprint density at radius 1 is 1.18 bits per heavy atom. The van der Waals surface area contributed by atoms with Crippen molar-refractivity contribution in [1.82, 2.24) is 0 Å². The van der Waals surface area contributed by atoms with Gasteiger partial charge in [-0.2, -0.15) is 0 Å². The molecule has 0 radical (unpaired) electrons. The molecule has 0 spiro atoms. The molecule has 1 aliphatic heterocycles. The van der Waals surface area contributed by atoms with E-state index in [1.807, 2.05) is 43.3 Å². The summed E-state index contributed by atoms with van der Waals surface area (Å²) < 4.78 is 6.97. The number of nitrogens with one attached hydrogen (secondary N) is 1. The van der Waals surface area contributed by atoms with Gasteiger partial charge in [0.1, 0.15) is 0 Å². The number of benzene rings is 2. The first kappa shape index (κ1) is 20.5. The Hall–Kier alpha value is -2.19. The quantitative estimate of drug-likeness (QED) is 0.617. The molecule has 0 aromatic heterocycles. The van der Waals surface area contributed by atoms with E-state index in [-0.39, 0.29) is 18.9 Å². The third kappa shape index (κ3) is 4.99. The van der Waals surface area contributed by atoms with Crippen LogP contribution in [-0.2, 0) is 19.1 Å². The second-order valence-corrected chi connectivity index (χ2v) is 8.27. The van der Waals surface area contributed by atoms with Gasteiger partial charge in [0.15, 0.2) is 6.61 Å². The number of aryl methyl sites for hydroxylation is 1. The van der Waals surface area contributed by atoms with Gasteiger partial charge >= 0.3 is 5.97 Å². The molecule has 1 fully saturated rings. The van der Waals surface area contributed by atoms with Crippen LogP contribution in [0, 0.1) is 12.8 Å². The Labute approximate surface area is 179 Å². The minimum absolute atomic E-state index is 0.0718. The Kier molecular flexibility index (Phi) is 6.51. The topological polar surface area (TPSA) is 75.7 Å². The molecule has 146 valence electrons. The molecule has 2 aromatic rings. The molecule has 0 unspecified atom stereocenters. The fourth-order valence-corrected chi connectivity index (χ4v) is 3.42. The van der Waals surface area contributed by atoms with Gasteiger partial charge in [-0.15, -0.1) is 0 Å². The van der Waals surface area contributed by atoms with Gasteiger partial charge in [-0.1, -0.05) is 31.9 Å². The van der Waals surface area contributed by atoms with Gasteiger partial charge in [-0.05, 0) is 55.0 Å². The van der Waals surface area contributed by atoms with Gasteiger partial charge in [0.25, 0.3) is 5.91 Å². The summed E-state index contributed by atoms with van der Waals surface area (Å²) in [5.41, 5.74) is 2.33. The fourth-order valence-electron chi connectivity index (χ4n) is 2.91. The first-order chi connectivity index (χ1) is 13.3. The van der Waals surface area contributed by atoms with Crippen molar-refractivity contribution in [2.45, 2.75) is 13.3 Å². The molecule has 3 rings (SSSR count). The largest absolute Gasteiger partial charge is 0.455 e. The molecule has 1 saturated heterocycles. The minimum atomic E-state index is -0.584. The Morgan fingerprint density at radius 3 is 2.57 bits per heavy atom. The molecule has 1 N–H and O–H groups in total. The predicted molar refractivity (Wildman–Crippen MR) is 113 cm³/mol. The monoisotopic (exact) mass is 508 g/mol. The number of carbonyl (C=O) groups excluding carboxylic acids is 3. The van der Waals surface area contributed by atoms with E-state index in [1.165, 1.54) is 0 Å². The van der Waals surface area contributed by atoms with Crippen LogP contribution in [0.4, 0.5) is 11.4 Å². The summed E-state index contributed by atoms with van der Waals surface area (Å²) >= 11 is 6.75. The number of amides is 2. The maximum atomic E-state index is 12.3. The summed E-state index contributed by atoms with van der Waals surface area (Å²) in [6.07, 6.45) is 0.0718. The zero-order chi connectivity index (χ0) is 20.3. The number of anilines is 2. The van der Waals surface area contributed by atoms with Crippen LogP contribution in [0.1, 0.15) is 12.0 Å². The average Bonchev–Trinajstić information content (AvgIpc) is 3.05. The van der Waals surface area contributed by atoms with Gasteiger partial charge in [0.2, 0.25) is 5.91 Å². The first-order valence-corrected chi connectivity index (χ1v) is 10.2. The first-order valence-electron chi connectivity index (χ1n) is 8.62. The smallest absolute Gasteiger partial charge is 0.311 e. The summed E-state index contributed by atoms with van der Waals surface area (Å²) in [6, 6.07) is 12.7. The molecule has 1 heterocycles. The zero-order valence-electron chi connectivity index (χ0n) is 15.1. The molecule has 1 aliphatic rings. The number of hydrogen-bond donors (Lipinski definition) is 1. The zero-order valence-corrected chi connectivity index (χ0v) is 18.2. The highest BCUT2D eigenvalue weighted by Gasteiger charge is 2.36. The van der Waals surface area contributed by atoms with E-state index in [9.17, 15) is 14.4 Å². The second kappa shape index (κ2) is 8.87. The Balaban J connectivity index is 1.52. The van der Waals surface area contributed by atoms with Crippen LogP contribution in [0.3, 0.4) is 0 Å². The molecule has 28 heavy (non-hydrogen) atoms. The minimum Gasteiger partial charge on any atom is -0.455 e. The molecule has 8 heteroatoms. The highest BCUT2D eigenvalue weighted by Crippen LogP contribution is 2.27. The third-order valence-electron chi connectivity index (χ3n) is 4.38. The molecule has 2 amide bonds. The van der Waals surface area contributed by atoms with Crippen molar-refractivity contribution in [3.05, 3.63) is 57.0 Å². The second-order valence-electron chi connectivity index (χ2n) is 6.50. The van der Waals surface area contributed by atoms with Crippen molar-refractivity contribution in [2.24, 2.45) is 5.92 Å². The van der Waals surface area contributed by atoms with Crippen molar-refractivity contribution in [3.63, 3.8) is 0 Å². The van der Waals surface area contributed by atoms with E-state index in [0.29, 0.717) is 5.69 Å². The molecule has 6 nitrogen and oxygen atoms in total. The summed E-state index contributed by atoms with van der Waals surface area (Å²) in [5, 5.41) is 2.69. The summed E-state index contributed by atoms with van der Waals surface area (Å²) in [7, 11) is 0. The van der Waals surface area contributed by atoms with Gasteiger partial charge in [0, 0.05) is 33.3 Å². The van der Waals surface area contributed by atoms with Crippen LogP contribution < -0.4 is 10.2 Å². The van der Waals surface area contributed by atoms with Crippen LogP contribution in [0.5, 0.6) is 0 Å². The van der Waals surface area contributed by atoms with E-state index in [1.54, 1.807) is 11.0 Å². The van der Waals surface area contributed by atoms with Crippen LogP contribution >= 0.6 is 31.9 Å². The van der Waals surface area contributed by atoms with E-state index in [2.05, 4.69) is 37.2 Å². The van der Waals surface area contributed by atoms with Crippen molar-refractivity contribution < 1.29 is 19.1 Å². The molecule has 2 aromatic carbocycles. The lowest BCUT2D eigenvalue weighted by atomic mass is 10.1. The van der Waals surface area contributed by atoms with Gasteiger partial charge in [-0.3, -0.25) is 14.4 Å².